The van der Waals surface area contributed by atoms with Crippen molar-refractivity contribution in [3.05, 3.63) is 90.6 Å². The first-order valence-corrected chi connectivity index (χ1v) is 9.02. The van der Waals surface area contributed by atoms with Crippen LogP contribution >= 0.6 is 0 Å². The van der Waals surface area contributed by atoms with E-state index in [1.165, 1.54) is 6.21 Å². The largest absolute Gasteiger partial charge is 0.240 e. The Labute approximate surface area is 141 Å². The number of benzene rings is 2. The van der Waals surface area contributed by atoms with Gasteiger partial charge >= 0.3 is 0 Å². The van der Waals surface area contributed by atoms with E-state index in [9.17, 15) is 8.42 Å². The zero-order chi connectivity index (χ0) is 16.8. The molecule has 0 radical (unpaired) electrons. The maximum absolute atomic E-state index is 13.0. The number of rotatable bonds is 5. The molecule has 3 rings (SSSR count). The summed E-state index contributed by atoms with van der Waals surface area (Å²) in [5.74, 6) is 0.474. The Bertz CT molecular complexity index is 909. The second kappa shape index (κ2) is 7.19. The maximum atomic E-state index is 13.0. The molecule has 0 saturated carbocycles. The van der Waals surface area contributed by atoms with Crippen molar-refractivity contribution in [1.82, 2.24) is 4.98 Å². The standard InChI is InChI=1S/C19H16N2O2S/c22-24(23,17-11-5-2-6-12-17)18(16-9-3-1-4-10-16)15-21-19-13-7-8-14-20-19/h1-15,18H. The molecule has 0 spiro atoms. The van der Waals surface area contributed by atoms with Crippen molar-refractivity contribution in [2.75, 3.05) is 0 Å². The minimum absolute atomic E-state index is 0.270. The quantitative estimate of drug-likeness (QED) is 0.662. The molecule has 4 nitrogen and oxygen atoms in total. The van der Waals surface area contributed by atoms with Crippen molar-refractivity contribution >= 4 is 21.9 Å². The lowest BCUT2D eigenvalue weighted by molar-refractivity contribution is 0.593. The van der Waals surface area contributed by atoms with Gasteiger partial charge in [-0.05, 0) is 29.8 Å². The number of hydrogen-bond acceptors (Lipinski definition) is 4. The van der Waals surface area contributed by atoms with Gasteiger partial charge in [-0.15, -0.1) is 0 Å². The molecular weight excluding hydrogens is 320 g/mol. The van der Waals surface area contributed by atoms with Crippen LogP contribution in [-0.2, 0) is 9.84 Å². The Hall–Kier alpha value is -2.79. The molecule has 1 unspecified atom stereocenters. The second-order valence-electron chi connectivity index (χ2n) is 5.16. The minimum atomic E-state index is -3.60. The SMILES string of the molecule is O=S(=O)(c1ccccc1)C(C=Nc1ccccn1)c1ccccc1. The van der Waals surface area contributed by atoms with Crippen molar-refractivity contribution in [3.63, 3.8) is 0 Å². The van der Waals surface area contributed by atoms with Gasteiger partial charge < -0.3 is 0 Å². The van der Waals surface area contributed by atoms with Crippen LogP contribution in [0, 0.1) is 0 Å². The number of hydrogen-bond donors (Lipinski definition) is 0. The smallest absolute Gasteiger partial charge is 0.190 e. The first-order valence-electron chi connectivity index (χ1n) is 7.47. The molecule has 1 atom stereocenters. The van der Waals surface area contributed by atoms with Gasteiger partial charge in [-0.1, -0.05) is 54.6 Å². The monoisotopic (exact) mass is 336 g/mol. The summed E-state index contributed by atoms with van der Waals surface area (Å²) in [6.07, 6.45) is 3.07. The van der Waals surface area contributed by atoms with Gasteiger partial charge in [-0.3, -0.25) is 0 Å². The van der Waals surface area contributed by atoms with E-state index in [0.29, 0.717) is 11.4 Å². The fourth-order valence-corrected chi connectivity index (χ4v) is 3.89. The Morgan fingerprint density at radius 1 is 0.833 bits per heavy atom. The van der Waals surface area contributed by atoms with Crippen molar-refractivity contribution in [2.45, 2.75) is 10.1 Å². The Kier molecular flexibility index (Phi) is 4.82. The van der Waals surface area contributed by atoms with E-state index < -0.39 is 15.1 Å². The molecular formula is C19H16N2O2S. The molecule has 5 heteroatoms. The lowest BCUT2D eigenvalue weighted by Crippen LogP contribution is -2.15. The normalized spacial score (nSPS) is 13.0. The molecule has 0 aliphatic carbocycles. The zero-order valence-corrected chi connectivity index (χ0v) is 13.7. The first kappa shape index (κ1) is 16.1. The molecule has 120 valence electrons. The summed E-state index contributed by atoms with van der Waals surface area (Å²) in [6.45, 7) is 0. The summed E-state index contributed by atoms with van der Waals surface area (Å²) in [4.78, 5) is 8.64. The van der Waals surface area contributed by atoms with Gasteiger partial charge in [0.15, 0.2) is 15.7 Å². The molecule has 0 amide bonds. The molecule has 1 aromatic heterocycles. The molecule has 0 aliphatic heterocycles. The third-order valence-corrected chi connectivity index (χ3v) is 5.52. The molecule has 0 N–H and O–H groups in total. The minimum Gasteiger partial charge on any atom is -0.240 e. The summed E-state index contributed by atoms with van der Waals surface area (Å²) >= 11 is 0. The highest BCUT2D eigenvalue weighted by Crippen LogP contribution is 2.28. The van der Waals surface area contributed by atoms with E-state index in [2.05, 4.69) is 9.98 Å². The van der Waals surface area contributed by atoms with E-state index in [0.717, 1.165) is 0 Å². The van der Waals surface area contributed by atoms with Crippen LogP contribution in [0.3, 0.4) is 0 Å². The molecule has 24 heavy (non-hydrogen) atoms. The van der Waals surface area contributed by atoms with Crippen molar-refractivity contribution in [1.29, 1.82) is 0 Å². The molecule has 0 fully saturated rings. The average Bonchev–Trinajstić information content (AvgIpc) is 2.64. The Morgan fingerprint density at radius 3 is 2.08 bits per heavy atom. The van der Waals surface area contributed by atoms with Gasteiger partial charge in [0.25, 0.3) is 0 Å². The number of sulfone groups is 1. The summed E-state index contributed by atoms with van der Waals surface area (Å²) in [6, 6.07) is 22.8. The van der Waals surface area contributed by atoms with Crippen molar-refractivity contribution in [3.8, 4) is 0 Å². The van der Waals surface area contributed by atoms with Crippen LogP contribution < -0.4 is 0 Å². The number of nitrogens with zero attached hydrogens (tertiary/aromatic N) is 2. The third kappa shape index (κ3) is 3.58. The van der Waals surface area contributed by atoms with Crippen LogP contribution in [0.15, 0.2) is 94.9 Å². The number of aromatic nitrogens is 1. The molecule has 2 aromatic carbocycles. The molecule has 0 bridgehead atoms. The van der Waals surface area contributed by atoms with Crippen LogP contribution in [0.25, 0.3) is 0 Å². The van der Waals surface area contributed by atoms with Gasteiger partial charge in [0.05, 0.1) is 4.90 Å². The van der Waals surface area contributed by atoms with Crippen LogP contribution in [-0.4, -0.2) is 19.6 Å². The molecule has 1 heterocycles. The first-order chi connectivity index (χ1) is 11.7. The summed E-state index contributed by atoms with van der Waals surface area (Å²) in [5, 5.41) is -0.872. The van der Waals surface area contributed by atoms with Crippen LogP contribution in [0.5, 0.6) is 0 Å². The summed E-state index contributed by atoms with van der Waals surface area (Å²) in [7, 11) is -3.60. The Morgan fingerprint density at radius 2 is 1.46 bits per heavy atom. The van der Waals surface area contributed by atoms with E-state index in [-0.39, 0.29) is 4.90 Å². The number of pyridine rings is 1. The highest BCUT2D eigenvalue weighted by Gasteiger charge is 2.27. The fraction of sp³-hybridized carbons (Fsp3) is 0.0526. The van der Waals surface area contributed by atoms with Crippen LogP contribution in [0.2, 0.25) is 0 Å². The predicted octanol–water partition coefficient (Wildman–Crippen LogP) is 4.00. The van der Waals surface area contributed by atoms with Crippen molar-refractivity contribution < 1.29 is 8.42 Å². The van der Waals surface area contributed by atoms with Crippen LogP contribution in [0.4, 0.5) is 5.82 Å². The third-order valence-electron chi connectivity index (χ3n) is 3.53. The van der Waals surface area contributed by atoms with Gasteiger partial charge in [-0.2, -0.15) is 0 Å². The summed E-state index contributed by atoms with van der Waals surface area (Å²) < 4.78 is 26.1. The maximum Gasteiger partial charge on any atom is 0.190 e. The highest BCUT2D eigenvalue weighted by atomic mass is 32.2. The number of aliphatic imine (C=N–C) groups is 1. The lowest BCUT2D eigenvalue weighted by atomic mass is 10.2. The lowest BCUT2D eigenvalue weighted by Gasteiger charge is -2.14. The second-order valence-corrected chi connectivity index (χ2v) is 7.22. The van der Waals surface area contributed by atoms with Crippen LogP contribution in [0.1, 0.15) is 10.8 Å². The van der Waals surface area contributed by atoms with Gasteiger partial charge in [0.2, 0.25) is 0 Å². The fourth-order valence-electron chi connectivity index (χ4n) is 2.32. The predicted molar refractivity (Wildman–Crippen MR) is 95.2 cm³/mol. The summed E-state index contributed by atoms with van der Waals surface area (Å²) in [5.41, 5.74) is 0.668. The topological polar surface area (TPSA) is 59.4 Å². The molecule has 3 aromatic rings. The molecule has 0 aliphatic rings. The zero-order valence-electron chi connectivity index (χ0n) is 12.9. The van der Waals surface area contributed by atoms with Gasteiger partial charge in [0, 0.05) is 12.4 Å². The highest BCUT2D eigenvalue weighted by molar-refractivity contribution is 7.92. The van der Waals surface area contributed by atoms with E-state index in [1.54, 1.807) is 60.8 Å². The average molecular weight is 336 g/mol. The van der Waals surface area contributed by atoms with E-state index >= 15 is 0 Å². The Balaban J connectivity index is 2.05. The van der Waals surface area contributed by atoms with E-state index in [4.69, 9.17) is 0 Å². The van der Waals surface area contributed by atoms with Gasteiger partial charge in [-0.25, -0.2) is 18.4 Å². The van der Waals surface area contributed by atoms with Crippen molar-refractivity contribution in [2.24, 2.45) is 4.99 Å². The van der Waals surface area contributed by atoms with Gasteiger partial charge in [0.1, 0.15) is 5.25 Å². The van der Waals surface area contributed by atoms with E-state index in [1.807, 2.05) is 24.3 Å². The molecule has 0 saturated heterocycles.